The van der Waals surface area contributed by atoms with Crippen LogP contribution in [0.2, 0.25) is 0 Å². The number of rotatable bonds is 4. The lowest BCUT2D eigenvalue weighted by atomic mass is 10.1. The van der Waals surface area contributed by atoms with Gasteiger partial charge in [0, 0.05) is 52.2 Å². The molecule has 1 aliphatic heterocycles. The fourth-order valence-corrected chi connectivity index (χ4v) is 3.52. The lowest BCUT2D eigenvalue weighted by molar-refractivity contribution is 0.0779. The summed E-state index contributed by atoms with van der Waals surface area (Å²) in [6.07, 6.45) is -0.230. The van der Waals surface area contributed by atoms with Crippen molar-refractivity contribution < 1.29 is 14.3 Å². The molecule has 1 saturated heterocycles. The Morgan fingerprint density at radius 3 is 2.58 bits per heavy atom. The molecule has 2 aromatic rings. The highest BCUT2D eigenvalue weighted by atomic mass is 16.6. The van der Waals surface area contributed by atoms with Crippen LogP contribution < -0.4 is 5.32 Å². The molecule has 1 aromatic carbocycles. The van der Waals surface area contributed by atoms with Gasteiger partial charge >= 0.3 is 6.09 Å². The van der Waals surface area contributed by atoms with E-state index in [0.717, 1.165) is 30.5 Å². The summed E-state index contributed by atoms with van der Waals surface area (Å²) < 4.78 is 7.03. The van der Waals surface area contributed by atoms with Crippen molar-refractivity contribution in [1.29, 1.82) is 0 Å². The van der Waals surface area contributed by atoms with E-state index in [0.29, 0.717) is 25.4 Å². The van der Waals surface area contributed by atoms with E-state index < -0.39 is 0 Å². The summed E-state index contributed by atoms with van der Waals surface area (Å²) in [7, 11) is 3.57. The number of aryl methyl sites for hydroxylation is 1. The Morgan fingerprint density at radius 2 is 1.92 bits per heavy atom. The number of para-hydroxylation sites is 1. The fourth-order valence-electron chi connectivity index (χ4n) is 3.52. The predicted molar refractivity (Wildman–Crippen MR) is 100 cm³/mol. The number of amides is 2. The third-order valence-electron chi connectivity index (χ3n) is 4.89. The first-order chi connectivity index (χ1) is 12.5. The van der Waals surface area contributed by atoms with Crippen molar-refractivity contribution in [2.75, 3.05) is 39.8 Å². The highest BCUT2D eigenvalue weighted by Crippen LogP contribution is 2.24. The van der Waals surface area contributed by atoms with Gasteiger partial charge in [-0.05, 0) is 18.6 Å². The zero-order valence-corrected chi connectivity index (χ0v) is 15.6. The molecule has 2 amide bonds. The molecule has 0 unspecified atom stereocenters. The first-order valence-corrected chi connectivity index (χ1v) is 8.98. The molecule has 0 saturated carbocycles. The van der Waals surface area contributed by atoms with Crippen molar-refractivity contribution in [3.63, 3.8) is 0 Å². The number of carbonyl (C=O) groups excluding carboxylic acids is 2. The standard InChI is InChI=1S/C19H26N4O3/c1-4-26-19(25)23-10-8-22(9-11-23)13-15-7-5-6-14-12-16(18(24)20-2)21(3)17(14)15/h5-7,12H,4,8-11,13H2,1-3H3,(H,20,24). The zero-order chi connectivity index (χ0) is 18.7. The van der Waals surface area contributed by atoms with Gasteiger partial charge in [0.1, 0.15) is 5.69 Å². The molecule has 2 heterocycles. The van der Waals surface area contributed by atoms with Crippen molar-refractivity contribution in [2.24, 2.45) is 7.05 Å². The summed E-state index contributed by atoms with van der Waals surface area (Å²) in [4.78, 5) is 28.0. The second kappa shape index (κ2) is 7.78. The van der Waals surface area contributed by atoms with Gasteiger partial charge in [0.25, 0.3) is 5.91 Å². The van der Waals surface area contributed by atoms with Gasteiger partial charge in [-0.25, -0.2) is 4.79 Å². The van der Waals surface area contributed by atoms with E-state index in [1.54, 1.807) is 11.9 Å². The van der Waals surface area contributed by atoms with Gasteiger partial charge in [-0.1, -0.05) is 18.2 Å². The van der Waals surface area contributed by atoms with Crippen LogP contribution in [0.1, 0.15) is 23.0 Å². The number of ether oxygens (including phenoxy) is 1. The lowest BCUT2D eigenvalue weighted by Gasteiger charge is -2.34. The van der Waals surface area contributed by atoms with E-state index >= 15 is 0 Å². The highest BCUT2D eigenvalue weighted by molar-refractivity contribution is 5.99. The summed E-state index contributed by atoms with van der Waals surface area (Å²) in [5.41, 5.74) is 2.92. The van der Waals surface area contributed by atoms with Crippen molar-refractivity contribution in [3.05, 3.63) is 35.5 Å². The Hall–Kier alpha value is -2.54. The summed E-state index contributed by atoms with van der Waals surface area (Å²) in [6.45, 7) is 5.98. The van der Waals surface area contributed by atoms with E-state index in [9.17, 15) is 9.59 Å². The lowest BCUT2D eigenvalue weighted by Crippen LogP contribution is -2.48. The molecule has 1 fully saturated rings. The molecule has 0 bridgehead atoms. The molecule has 7 nitrogen and oxygen atoms in total. The second-order valence-corrected chi connectivity index (χ2v) is 6.48. The summed E-state index contributed by atoms with van der Waals surface area (Å²) >= 11 is 0. The number of nitrogens with zero attached hydrogens (tertiary/aromatic N) is 3. The van der Waals surface area contributed by atoms with E-state index in [1.165, 1.54) is 5.56 Å². The third kappa shape index (κ3) is 3.53. The van der Waals surface area contributed by atoms with Crippen molar-refractivity contribution in [1.82, 2.24) is 19.7 Å². The van der Waals surface area contributed by atoms with Gasteiger partial charge in [-0.3, -0.25) is 9.69 Å². The Labute approximate surface area is 153 Å². The number of nitrogens with one attached hydrogen (secondary N) is 1. The number of fused-ring (bicyclic) bond motifs is 1. The highest BCUT2D eigenvalue weighted by Gasteiger charge is 2.23. The van der Waals surface area contributed by atoms with Gasteiger partial charge in [0.2, 0.25) is 0 Å². The quantitative estimate of drug-likeness (QED) is 0.905. The Morgan fingerprint density at radius 1 is 1.19 bits per heavy atom. The van der Waals surface area contributed by atoms with Gasteiger partial charge in [-0.15, -0.1) is 0 Å². The first kappa shape index (κ1) is 18.3. The molecule has 140 valence electrons. The first-order valence-electron chi connectivity index (χ1n) is 8.98. The molecule has 0 radical (unpaired) electrons. The van der Waals surface area contributed by atoms with Crippen molar-refractivity contribution in [2.45, 2.75) is 13.5 Å². The van der Waals surface area contributed by atoms with Crippen LogP contribution in [0, 0.1) is 0 Å². The van der Waals surface area contributed by atoms with Crippen LogP contribution >= 0.6 is 0 Å². The maximum absolute atomic E-state index is 12.1. The van der Waals surface area contributed by atoms with Crippen molar-refractivity contribution >= 4 is 22.9 Å². The van der Waals surface area contributed by atoms with Crippen LogP contribution in [0.3, 0.4) is 0 Å². The Kier molecular flexibility index (Phi) is 5.46. The van der Waals surface area contributed by atoms with Gasteiger partial charge in [0.15, 0.2) is 0 Å². The SMILES string of the molecule is CCOC(=O)N1CCN(Cc2cccc3cc(C(=O)NC)n(C)c23)CC1. The number of hydrogen-bond acceptors (Lipinski definition) is 4. The van der Waals surface area contributed by atoms with Crippen LogP contribution in [-0.4, -0.2) is 66.2 Å². The summed E-state index contributed by atoms with van der Waals surface area (Å²) in [5, 5.41) is 3.75. The molecule has 0 spiro atoms. The minimum absolute atomic E-state index is 0.0855. The topological polar surface area (TPSA) is 66.8 Å². The van der Waals surface area contributed by atoms with Crippen molar-refractivity contribution in [3.8, 4) is 0 Å². The third-order valence-corrected chi connectivity index (χ3v) is 4.89. The number of aromatic nitrogens is 1. The Balaban J connectivity index is 1.75. The molecular formula is C19H26N4O3. The van der Waals surface area contributed by atoms with Crippen LogP contribution in [0.15, 0.2) is 24.3 Å². The molecule has 7 heteroatoms. The van der Waals surface area contributed by atoms with Crippen LogP contribution in [-0.2, 0) is 18.3 Å². The van der Waals surface area contributed by atoms with Gasteiger partial charge in [-0.2, -0.15) is 0 Å². The number of hydrogen-bond donors (Lipinski definition) is 1. The molecule has 0 aliphatic carbocycles. The zero-order valence-electron chi connectivity index (χ0n) is 15.6. The molecule has 1 N–H and O–H groups in total. The number of piperazine rings is 1. The minimum atomic E-state index is -0.230. The molecular weight excluding hydrogens is 332 g/mol. The molecule has 3 rings (SSSR count). The smallest absolute Gasteiger partial charge is 0.409 e. The maximum atomic E-state index is 12.1. The second-order valence-electron chi connectivity index (χ2n) is 6.48. The molecule has 0 atom stereocenters. The summed E-state index contributed by atoms with van der Waals surface area (Å²) in [5.74, 6) is -0.0855. The monoisotopic (exact) mass is 358 g/mol. The molecule has 1 aliphatic rings. The maximum Gasteiger partial charge on any atom is 0.409 e. The van der Waals surface area contributed by atoms with E-state index in [2.05, 4.69) is 16.3 Å². The van der Waals surface area contributed by atoms with Gasteiger partial charge in [0.05, 0.1) is 12.1 Å². The van der Waals surface area contributed by atoms with E-state index in [4.69, 9.17) is 4.74 Å². The normalized spacial score (nSPS) is 15.3. The number of benzene rings is 1. The molecule has 1 aromatic heterocycles. The average molecular weight is 358 g/mol. The minimum Gasteiger partial charge on any atom is -0.450 e. The van der Waals surface area contributed by atoms with E-state index in [1.807, 2.05) is 36.7 Å². The number of carbonyl (C=O) groups is 2. The summed E-state index contributed by atoms with van der Waals surface area (Å²) in [6, 6.07) is 8.09. The Bertz CT molecular complexity index is 806. The fraction of sp³-hybridized carbons (Fsp3) is 0.474. The van der Waals surface area contributed by atoms with Crippen LogP contribution in [0.4, 0.5) is 4.79 Å². The van der Waals surface area contributed by atoms with E-state index in [-0.39, 0.29) is 12.0 Å². The average Bonchev–Trinajstić information content (AvgIpc) is 2.99. The van der Waals surface area contributed by atoms with Crippen LogP contribution in [0.25, 0.3) is 10.9 Å². The predicted octanol–water partition coefficient (Wildman–Crippen LogP) is 1.81. The van der Waals surface area contributed by atoms with Gasteiger partial charge < -0.3 is 19.5 Å². The molecule has 26 heavy (non-hydrogen) atoms. The largest absolute Gasteiger partial charge is 0.450 e. The van der Waals surface area contributed by atoms with Crippen LogP contribution in [0.5, 0.6) is 0 Å².